The van der Waals surface area contributed by atoms with Gasteiger partial charge in [-0.1, -0.05) is 24.3 Å². The van der Waals surface area contributed by atoms with Gasteiger partial charge in [0.2, 0.25) is 0 Å². The highest BCUT2D eigenvalue weighted by molar-refractivity contribution is 6.05. The predicted octanol–water partition coefficient (Wildman–Crippen LogP) is 2.50. The van der Waals surface area contributed by atoms with Gasteiger partial charge in [-0.3, -0.25) is 9.78 Å². The number of anilines is 3. The number of nitrogens with one attached hydrogen (secondary N) is 3. The third kappa shape index (κ3) is 5.70. The fourth-order valence-electron chi connectivity index (χ4n) is 2.55. The number of urea groups is 1. The van der Waals surface area contributed by atoms with Gasteiger partial charge in [0.05, 0.1) is 17.6 Å². The third-order valence-corrected chi connectivity index (χ3v) is 4.20. The number of amides is 3. The van der Waals surface area contributed by atoms with Gasteiger partial charge in [0.15, 0.2) is 0 Å². The Morgan fingerprint density at radius 3 is 2.00 bits per heavy atom. The van der Waals surface area contributed by atoms with Gasteiger partial charge in [0.25, 0.3) is 5.91 Å². The number of nitrogens with two attached hydrogens (primary N) is 2. The number of nitrogen functional groups attached to an aromatic ring is 2. The summed E-state index contributed by atoms with van der Waals surface area (Å²) >= 11 is 0. The lowest BCUT2D eigenvalue weighted by Crippen LogP contribution is -2.34. The molecule has 3 aromatic rings. The maximum absolute atomic E-state index is 12.3. The molecule has 0 aliphatic heterocycles. The molecule has 0 saturated carbocycles. The summed E-state index contributed by atoms with van der Waals surface area (Å²) in [5.74, 6) is -0.274. The molecule has 148 valence electrons. The average molecular weight is 390 g/mol. The Balaban J connectivity index is 1.47. The van der Waals surface area contributed by atoms with Crippen molar-refractivity contribution in [2.75, 3.05) is 16.8 Å². The molecular weight excluding hydrogens is 368 g/mol. The Hall–Kier alpha value is -4.07. The highest BCUT2D eigenvalue weighted by Crippen LogP contribution is 2.16. The second-order valence-electron chi connectivity index (χ2n) is 6.39. The lowest BCUT2D eigenvalue weighted by molar-refractivity contribution is 0.102. The van der Waals surface area contributed by atoms with E-state index in [4.69, 9.17) is 11.5 Å². The lowest BCUT2D eigenvalue weighted by Gasteiger charge is -2.10. The maximum atomic E-state index is 12.3. The summed E-state index contributed by atoms with van der Waals surface area (Å²) in [5.41, 5.74) is 15.3. The molecule has 7 N–H and O–H groups in total. The number of rotatable bonds is 6. The smallest absolute Gasteiger partial charge is 0.315 e. The Kier molecular flexibility index (Phi) is 6.26. The number of benzene rings is 2. The van der Waals surface area contributed by atoms with Crippen molar-refractivity contribution in [2.24, 2.45) is 0 Å². The van der Waals surface area contributed by atoms with Crippen LogP contribution in [0.25, 0.3) is 0 Å². The van der Waals surface area contributed by atoms with E-state index in [-0.39, 0.29) is 11.9 Å². The van der Waals surface area contributed by atoms with Crippen LogP contribution < -0.4 is 27.4 Å². The Morgan fingerprint density at radius 1 is 0.828 bits per heavy atom. The van der Waals surface area contributed by atoms with Crippen LogP contribution in [0.15, 0.2) is 67.0 Å². The second-order valence-corrected chi connectivity index (χ2v) is 6.39. The van der Waals surface area contributed by atoms with Crippen LogP contribution in [0.3, 0.4) is 0 Å². The van der Waals surface area contributed by atoms with Crippen molar-refractivity contribution in [3.63, 3.8) is 0 Å². The van der Waals surface area contributed by atoms with Crippen LogP contribution in [-0.4, -0.2) is 16.9 Å². The number of pyridine rings is 1. The third-order valence-electron chi connectivity index (χ3n) is 4.20. The fraction of sp³-hybridized carbons (Fsp3) is 0.0952. The van der Waals surface area contributed by atoms with Crippen molar-refractivity contribution in [1.29, 1.82) is 0 Å². The van der Waals surface area contributed by atoms with Gasteiger partial charge in [0.1, 0.15) is 0 Å². The van der Waals surface area contributed by atoms with E-state index in [0.717, 1.165) is 11.1 Å². The maximum Gasteiger partial charge on any atom is 0.315 e. The van der Waals surface area contributed by atoms with Crippen molar-refractivity contribution in [3.05, 3.63) is 83.7 Å². The zero-order chi connectivity index (χ0) is 20.6. The van der Waals surface area contributed by atoms with Crippen LogP contribution in [0, 0.1) is 0 Å². The first kappa shape index (κ1) is 19.7. The zero-order valence-corrected chi connectivity index (χ0v) is 15.7. The molecule has 0 radical (unpaired) electrons. The molecule has 0 atom stereocenters. The average Bonchev–Trinajstić information content (AvgIpc) is 2.74. The Bertz CT molecular complexity index is 987. The standard InChI is InChI=1S/C21H22N6O2/c22-17-7-3-15(4-8-17)12-26-21(29)25-11-14-1-5-16(6-2-14)20(28)27-19-9-10-24-13-18(19)23/h1-10,13H,11-12,22-23H2,(H,24,27,28)(H2,25,26,29). The van der Waals surface area contributed by atoms with E-state index in [1.165, 1.54) is 6.20 Å². The van der Waals surface area contributed by atoms with E-state index >= 15 is 0 Å². The van der Waals surface area contributed by atoms with Gasteiger partial charge in [-0.15, -0.1) is 0 Å². The summed E-state index contributed by atoms with van der Waals surface area (Å²) in [5, 5.41) is 8.30. The van der Waals surface area contributed by atoms with E-state index in [0.29, 0.717) is 35.7 Å². The number of hydrogen-bond acceptors (Lipinski definition) is 5. The number of aromatic nitrogens is 1. The summed E-state index contributed by atoms with van der Waals surface area (Å²) in [6.07, 6.45) is 3.03. The van der Waals surface area contributed by atoms with Crippen LogP contribution in [0.1, 0.15) is 21.5 Å². The highest BCUT2D eigenvalue weighted by atomic mass is 16.2. The van der Waals surface area contributed by atoms with Crippen LogP contribution in [0.4, 0.5) is 21.9 Å². The van der Waals surface area contributed by atoms with Crippen molar-refractivity contribution in [2.45, 2.75) is 13.1 Å². The topological polar surface area (TPSA) is 135 Å². The highest BCUT2D eigenvalue weighted by Gasteiger charge is 2.08. The molecule has 3 amide bonds. The summed E-state index contributed by atoms with van der Waals surface area (Å²) < 4.78 is 0. The van der Waals surface area contributed by atoms with Gasteiger partial charge in [-0.05, 0) is 41.5 Å². The number of nitrogens with zero attached hydrogens (tertiary/aromatic N) is 1. The lowest BCUT2D eigenvalue weighted by atomic mass is 10.1. The predicted molar refractivity (Wildman–Crippen MR) is 113 cm³/mol. The normalized spacial score (nSPS) is 10.2. The second kappa shape index (κ2) is 9.23. The van der Waals surface area contributed by atoms with Gasteiger partial charge in [0, 0.05) is 30.5 Å². The molecule has 0 aliphatic carbocycles. The molecule has 3 rings (SSSR count). The first-order valence-electron chi connectivity index (χ1n) is 8.97. The molecule has 2 aromatic carbocycles. The molecule has 0 spiro atoms. The molecule has 29 heavy (non-hydrogen) atoms. The molecule has 0 bridgehead atoms. The van der Waals surface area contributed by atoms with Crippen molar-refractivity contribution in [1.82, 2.24) is 15.6 Å². The minimum absolute atomic E-state index is 0.274. The molecule has 8 nitrogen and oxygen atoms in total. The monoisotopic (exact) mass is 390 g/mol. The molecule has 1 heterocycles. The van der Waals surface area contributed by atoms with E-state index in [9.17, 15) is 9.59 Å². The summed E-state index contributed by atoms with van der Waals surface area (Å²) in [6, 6.07) is 15.6. The van der Waals surface area contributed by atoms with Crippen molar-refractivity contribution >= 4 is 29.0 Å². The Labute approximate surface area is 168 Å². The first-order valence-corrected chi connectivity index (χ1v) is 8.97. The summed E-state index contributed by atoms with van der Waals surface area (Å²) in [4.78, 5) is 28.1. The quantitative estimate of drug-likeness (QED) is 0.412. The van der Waals surface area contributed by atoms with Crippen LogP contribution in [0.2, 0.25) is 0 Å². The van der Waals surface area contributed by atoms with Gasteiger partial charge >= 0.3 is 6.03 Å². The van der Waals surface area contributed by atoms with Crippen LogP contribution >= 0.6 is 0 Å². The van der Waals surface area contributed by atoms with E-state index < -0.39 is 0 Å². The molecule has 8 heteroatoms. The Morgan fingerprint density at radius 2 is 1.41 bits per heavy atom. The van der Waals surface area contributed by atoms with E-state index in [1.807, 2.05) is 12.1 Å². The number of carbonyl (C=O) groups is 2. The molecule has 0 fully saturated rings. The fourth-order valence-corrected chi connectivity index (χ4v) is 2.55. The summed E-state index contributed by atoms with van der Waals surface area (Å²) in [6.45, 7) is 0.746. The molecular formula is C21H22N6O2. The van der Waals surface area contributed by atoms with Crippen LogP contribution in [-0.2, 0) is 13.1 Å². The van der Waals surface area contributed by atoms with Crippen LogP contribution in [0.5, 0.6) is 0 Å². The summed E-state index contributed by atoms with van der Waals surface area (Å²) in [7, 11) is 0. The number of hydrogen-bond donors (Lipinski definition) is 5. The molecule has 0 aliphatic rings. The van der Waals surface area contributed by atoms with Crippen molar-refractivity contribution in [3.8, 4) is 0 Å². The van der Waals surface area contributed by atoms with E-state index in [1.54, 1.807) is 48.7 Å². The number of carbonyl (C=O) groups excluding carboxylic acids is 2. The van der Waals surface area contributed by atoms with E-state index in [2.05, 4.69) is 20.9 Å². The largest absolute Gasteiger partial charge is 0.399 e. The molecule has 0 saturated heterocycles. The molecule has 1 aromatic heterocycles. The zero-order valence-electron chi connectivity index (χ0n) is 15.7. The van der Waals surface area contributed by atoms with Crippen molar-refractivity contribution < 1.29 is 9.59 Å². The van der Waals surface area contributed by atoms with Gasteiger partial charge in [-0.25, -0.2) is 4.79 Å². The molecule has 0 unspecified atom stereocenters. The van der Waals surface area contributed by atoms with Gasteiger partial charge < -0.3 is 27.4 Å². The minimum Gasteiger partial charge on any atom is -0.399 e. The van der Waals surface area contributed by atoms with Gasteiger partial charge in [-0.2, -0.15) is 0 Å². The minimum atomic E-state index is -0.281. The first-order chi connectivity index (χ1) is 14.0. The SMILES string of the molecule is Nc1ccc(CNC(=O)NCc2ccc(C(=O)Nc3ccncc3N)cc2)cc1.